The second-order valence-electron chi connectivity index (χ2n) is 3.99. The Labute approximate surface area is 98.4 Å². The molecule has 1 heterocycles. The minimum atomic E-state index is -1.32. The molecule has 0 aromatic carbocycles. The first kappa shape index (κ1) is 14.2. The molecule has 1 fully saturated rings. The second-order valence-corrected chi connectivity index (χ2v) is 4.93. The monoisotopic (exact) mass is 253 g/mol. The number of aliphatic hydroxyl groups is 4. The van der Waals surface area contributed by atoms with Crippen LogP contribution < -0.4 is 5.73 Å². The Balaban J connectivity index is 2.78. The van der Waals surface area contributed by atoms with E-state index in [9.17, 15) is 20.4 Å². The number of hydrogen-bond donors (Lipinski definition) is 5. The predicted octanol–water partition coefficient (Wildman–Crippen LogP) is -2.13. The van der Waals surface area contributed by atoms with Crippen molar-refractivity contribution in [3.05, 3.63) is 0 Å². The summed E-state index contributed by atoms with van der Waals surface area (Å²) in [6.07, 6.45) is -3.84. The van der Waals surface area contributed by atoms with Crippen LogP contribution in [0, 0.1) is 0 Å². The molecule has 0 amide bonds. The van der Waals surface area contributed by atoms with Crippen LogP contribution >= 0.6 is 11.8 Å². The van der Waals surface area contributed by atoms with Gasteiger partial charge in [0.2, 0.25) is 0 Å². The minimum Gasteiger partial charge on any atom is -0.392 e. The molecule has 0 bridgehead atoms. The van der Waals surface area contributed by atoms with E-state index in [4.69, 9.17) is 10.5 Å². The molecule has 6 nitrogen and oxygen atoms in total. The van der Waals surface area contributed by atoms with Gasteiger partial charge in [-0.1, -0.05) is 0 Å². The number of hydrogen-bond acceptors (Lipinski definition) is 7. The molecule has 0 saturated carbocycles. The molecular weight excluding hydrogens is 234 g/mol. The smallest absolute Gasteiger partial charge is 0.132 e. The summed E-state index contributed by atoms with van der Waals surface area (Å²) in [7, 11) is 0. The maximum absolute atomic E-state index is 9.71. The molecule has 1 aliphatic rings. The first-order valence-corrected chi connectivity index (χ1v) is 6.35. The van der Waals surface area contributed by atoms with Gasteiger partial charge in [0.15, 0.2) is 0 Å². The minimum absolute atomic E-state index is 0.659. The van der Waals surface area contributed by atoms with Gasteiger partial charge in [-0.2, -0.15) is 0 Å². The first-order valence-electron chi connectivity index (χ1n) is 5.06. The van der Waals surface area contributed by atoms with Crippen LogP contribution in [-0.4, -0.2) is 68.7 Å². The van der Waals surface area contributed by atoms with Gasteiger partial charge in [0, 0.05) is 0 Å². The Morgan fingerprint density at radius 2 is 1.75 bits per heavy atom. The Morgan fingerprint density at radius 1 is 1.19 bits per heavy atom. The first-order chi connectivity index (χ1) is 7.40. The van der Waals surface area contributed by atoms with Crippen LogP contribution in [0.15, 0.2) is 0 Å². The summed E-state index contributed by atoms with van der Waals surface area (Å²) in [4.78, 5) is 0. The van der Waals surface area contributed by atoms with Crippen molar-refractivity contribution < 1.29 is 25.2 Å². The van der Waals surface area contributed by atoms with E-state index in [1.54, 1.807) is 6.26 Å². The van der Waals surface area contributed by atoms with Crippen LogP contribution in [-0.2, 0) is 4.74 Å². The van der Waals surface area contributed by atoms with Gasteiger partial charge in [-0.05, 0) is 13.2 Å². The topological polar surface area (TPSA) is 116 Å². The molecule has 0 radical (unpaired) electrons. The van der Waals surface area contributed by atoms with Gasteiger partial charge in [0.1, 0.15) is 29.9 Å². The molecule has 7 atom stereocenters. The van der Waals surface area contributed by atoms with Crippen LogP contribution in [0.25, 0.3) is 0 Å². The zero-order valence-electron chi connectivity index (χ0n) is 9.22. The second kappa shape index (κ2) is 5.63. The molecule has 1 aliphatic heterocycles. The lowest BCUT2D eigenvalue weighted by atomic mass is 9.93. The average molecular weight is 253 g/mol. The van der Waals surface area contributed by atoms with Crippen molar-refractivity contribution in [1.29, 1.82) is 0 Å². The van der Waals surface area contributed by atoms with Crippen LogP contribution in [0.1, 0.15) is 6.92 Å². The third-order valence-electron chi connectivity index (χ3n) is 2.78. The van der Waals surface area contributed by atoms with E-state index in [2.05, 4.69) is 0 Å². The Hall–Kier alpha value is 0.110. The van der Waals surface area contributed by atoms with E-state index in [1.807, 2.05) is 0 Å². The summed E-state index contributed by atoms with van der Waals surface area (Å²) in [5, 5.41) is 38.2. The third-order valence-corrected chi connectivity index (χ3v) is 3.63. The summed E-state index contributed by atoms with van der Waals surface area (Å²) < 4.78 is 5.37. The normalized spacial score (nSPS) is 44.1. The SMILES string of the molecule is CS[C@H]1OC([C@H](N)[C@@H](C)O)[C@H](O)[C@H](O)[C@H]1O. The van der Waals surface area contributed by atoms with Crippen molar-refractivity contribution in [2.24, 2.45) is 5.73 Å². The molecule has 1 saturated heterocycles. The third kappa shape index (κ3) is 2.67. The van der Waals surface area contributed by atoms with Gasteiger partial charge in [-0.25, -0.2) is 0 Å². The zero-order chi connectivity index (χ0) is 12.5. The number of aliphatic hydroxyl groups excluding tert-OH is 4. The molecule has 0 aromatic rings. The quantitative estimate of drug-likeness (QED) is 0.390. The van der Waals surface area contributed by atoms with Crippen LogP contribution in [0.4, 0.5) is 0 Å². The van der Waals surface area contributed by atoms with E-state index in [0.717, 1.165) is 0 Å². The highest BCUT2D eigenvalue weighted by Crippen LogP contribution is 2.28. The lowest BCUT2D eigenvalue weighted by Crippen LogP contribution is -2.63. The van der Waals surface area contributed by atoms with E-state index in [-0.39, 0.29) is 0 Å². The number of nitrogens with two attached hydrogens (primary N) is 1. The van der Waals surface area contributed by atoms with Gasteiger partial charge in [-0.15, -0.1) is 11.8 Å². The molecular formula is C9H19NO5S. The van der Waals surface area contributed by atoms with Gasteiger partial charge in [0.05, 0.1) is 12.1 Å². The van der Waals surface area contributed by atoms with Crippen molar-refractivity contribution in [3.63, 3.8) is 0 Å². The molecule has 1 rings (SSSR count). The Bertz CT molecular complexity index is 228. The summed E-state index contributed by atoms with van der Waals surface area (Å²) in [6, 6.07) is -0.813. The zero-order valence-corrected chi connectivity index (χ0v) is 10.0. The number of thioether (sulfide) groups is 1. The molecule has 6 N–H and O–H groups in total. The van der Waals surface area contributed by atoms with Gasteiger partial charge in [0.25, 0.3) is 0 Å². The average Bonchev–Trinajstić information content (AvgIpc) is 2.25. The summed E-state index contributed by atoms with van der Waals surface area (Å²) in [5.41, 5.74) is 5.01. The summed E-state index contributed by atoms with van der Waals surface area (Å²) in [6.45, 7) is 1.48. The maximum Gasteiger partial charge on any atom is 0.132 e. The fourth-order valence-electron chi connectivity index (χ4n) is 1.66. The van der Waals surface area contributed by atoms with Gasteiger partial charge < -0.3 is 30.9 Å². The molecule has 16 heavy (non-hydrogen) atoms. The number of rotatable bonds is 3. The Morgan fingerprint density at radius 3 is 2.19 bits per heavy atom. The van der Waals surface area contributed by atoms with Crippen molar-refractivity contribution in [3.8, 4) is 0 Å². The fraction of sp³-hybridized carbons (Fsp3) is 1.00. The van der Waals surface area contributed by atoms with Crippen molar-refractivity contribution in [1.82, 2.24) is 0 Å². The highest BCUT2D eigenvalue weighted by atomic mass is 32.2. The summed E-state index contributed by atoms with van der Waals surface area (Å²) >= 11 is 1.21. The van der Waals surface area contributed by atoms with E-state index in [1.165, 1.54) is 18.7 Å². The van der Waals surface area contributed by atoms with E-state index < -0.39 is 42.0 Å². The molecule has 7 heteroatoms. The molecule has 0 aromatic heterocycles. The molecule has 0 aliphatic carbocycles. The van der Waals surface area contributed by atoms with Gasteiger partial charge in [-0.3, -0.25) is 0 Å². The fourth-order valence-corrected chi connectivity index (χ4v) is 2.34. The Kier molecular flexibility index (Phi) is 4.99. The largest absolute Gasteiger partial charge is 0.392 e. The predicted molar refractivity (Wildman–Crippen MR) is 59.9 cm³/mol. The van der Waals surface area contributed by atoms with Crippen LogP contribution in [0.2, 0.25) is 0 Å². The lowest BCUT2D eigenvalue weighted by molar-refractivity contribution is -0.207. The van der Waals surface area contributed by atoms with Crippen molar-refractivity contribution in [2.45, 2.75) is 48.9 Å². The van der Waals surface area contributed by atoms with E-state index in [0.29, 0.717) is 0 Å². The van der Waals surface area contributed by atoms with Crippen molar-refractivity contribution >= 4 is 11.8 Å². The van der Waals surface area contributed by atoms with Crippen LogP contribution in [0.3, 0.4) is 0 Å². The standard InChI is InChI=1S/C9H19NO5S/c1-3(11)4(10)8-6(13)5(12)7(14)9(15-8)16-2/h3-9,11-14H,10H2,1-2H3/t3-,4-,5+,6-,7-,8?,9-/m1/s1. The van der Waals surface area contributed by atoms with Crippen LogP contribution in [0.5, 0.6) is 0 Å². The van der Waals surface area contributed by atoms with Gasteiger partial charge >= 0.3 is 0 Å². The highest BCUT2D eigenvalue weighted by molar-refractivity contribution is 7.99. The lowest BCUT2D eigenvalue weighted by Gasteiger charge is -2.42. The molecule has 0 spiro atoms. The maximum atomic E-state index is 9.71. The molecule has 96 valence electrons. The molecule has 1 unspecified atom stereocenters. The summed E-state index contributed by atoms with van der Waals surface area (Å²) in [5.74, 6) is 0. The van der Waals surface area contributed by atoms with Crippen molar-refractivity contribution in [2.75, 3.05) is 6.26 Å². The highest BCUT2D eigenvalue weighted by Gasteiger charge is 2.46. The van der Waals surface area contributed by atoms with E-state index >= 15 is 0 Å². The number of ether oxygens (including phenoxy) is 1.